The van der Waals surface area contributed by atoms with E-state index in [9.17, 15) is 9.50 Å². The third-order valence-electron chi connectivity index (χ3n) is 6.04. The highest BCUT2D eigenvalue weighted by atomic mass is 35.5. The van der Waals surface area contributed by atoms with Gasteiger partial charge in [0.15, 0.2) is 0 Å². The van der Waals surface area contributed by atoms with Crippen molar-refractivity contribution in [3.8, 4) is 16.9 Å². The fourth-order valence-electron chi connectivity index (χ4n) is 4.77. The molecule has 1 saturated carbocycles. The van der Waals surface area contributed by atoms with Gasteiger partial charge in [0.05, 0.1) is 6.10 Å². The Balaban J connectivity index is 1.67. The van der Waals surface area contributed by atoms with Crippen LogP contribution in [0, 0.1) is 11.7 Å². The van der Waals surface area contributed by atoms with Gasteiger partial charge >= 0.3 is 0 Å². The summed E-state index contributed by atoms with van der Waals surface area (Å²) in [4.78, 5) is 4.69. The van der Waals surface area contributed by atoms with Crippen molar-refractivity contribution < 1.29 is 19.0 Å². The zero-order chi connectivity index (χ0) is 19.5. The van der Waals surface area contributed by atoms with Crippen molar-refractivity contribution in [3.63, 3.8) is 0 Å². The Hall–Kier alpha value is -2.31. The van der Waals surface area contributed by atoms with Crippen LogP contribution in [0.3, 0.4) is 0 Å². The molecule has 0 radical (unpaired) electrons. The Morgan fingerprint density at radius 3 is 2.79 bits per heavy atom. The van der Waals surface area contributed by atoms with Crippen molar-refractivity contribution in [1.82, 2.24) is 0 Å². The summed E-state index contributed by atoms with van der Waals surface area (Å²) in [6.45, 7) is 0.302. The molecule has 0 unspecified atom stereocenters. The Kier molecular flexibility index (Phi) is 4.03. The molecule has 2 aromatic rings. The highest BCUT2D eigenvalue weighted by Crippen LogP contribution is 2.53. The van der Waals surface area contributed by atoms with Gasteiger partial charge in [-0.1, -0.05) is 17.7 Å². The van der Waals surface area contributed by atoms with Crippen molar-refractivity contribution in [3.05, 3.63) is 52.8 Å². The van der Waals surface area contributed by atoms with Crippen LogP contribution in [0.1, 0.15) is 24.8 Å². The van der Waals surface area contributed by atoms with E-state index >= 15 is 0 Å². The Morgan fingerprint density at radius 2 is 2.04 bits per heavy atom. The highest BCUT2D eigenvalue weighted by molar-refractivity contribution is 6.30. The van der Waals surface area contributed by atoms with E-state index in [1.54, 1.807) is 6.07 Å². The van der Waals surface area contributed by atoms with Crippen LogP contribution in [0.15, 0.2) is 41.4 Å². The summed E-state index contributed by atoms with van der Waals surface area (Å²) in [6.07, 6.45) is 1.57. The summed E-state index contributed by atoms with van der Waals surface area (Å²) in [6, 6.07) is 10.3. The summed E-state index contributed by atoms with van der Waals surface area (Å²) in [7, 11) is 0. The molecule has 146 valence electrons. The molecule has 28 heavy (non-hydrogen) atoms. The van der Waals surface area contributed by atoms with Gasteiger partial charge in [0.2, 0.25) is 0 Å². The monoisotopic (exact) mass is 402 g/mol. The maximum atomic E-state index is 13.9. The molecule has 4 atom stereocenters. The Labute approximate surface area is 166 Å². The number of aliphatic hydroxyl groups is 1. The predicted molar refractivity (Wildman–Crippen MR) is 104 cm³/mol. The van der Waals surface area contributed by atoms with E-state index in [0.29, 0.717) is 30.0 Å². The molecule has 2 aliphatic heterocycles. The molecule has 0 amide bonds. The van der Waals surface area contributed by atoms with E-state index in [4.69, 9.17) is 31.8 Å². The summed E-state index contributed by atoms with van der Waals surface area (Å²) in [5.41, 5.74) is 7.51. The summed E-state index contributed by atoms with van der Waals surface area (Å²) < 4.78 is 25.7. The lowest BCUT2D eigenvalue weighted by atomic mass is 9.67. The smallest absolute Gasteiger partial charge is 0.283 e. The van der Waals surface area contributed by atoms with Gasteiger partial charge in [0.1, 0.15) is 29.8 Å². The van der Waals surface area contributed by atoms with E-state index in [-0.39, 0.29) is 18.0 Å². The lowest BCUT2D eigenvalue weighted by Gasteiger charge is -2.47. The number of amidine groups is 1. The Bertz CT molecular complexity index is 962. The fourth-order valence-corrected chi connectivity index (χ4v) is 4.99. The zero-order valence-electron chi connectivity index (χ0n) is 15.1. The number of aliphatic imine (C=N–C) groups is 1. The van der Waals surface area contributed by atoms with E-state index in [0.717, 1.165) is 23.3 Å². The molecular weight excluding hydrogens is 383 g/mol. The van der Waals surface area contributed by atoms with Crippen LogP contribution in [0.25, 0.3) is 11.1 Å². The van der Waals surface area contributed by atoms with Gasteiger partial charge < -0.3 is 20.3 Å². The molecule has 2 heterocycles. The van der Waals surface area contributed by atoms with Crippen LogP contribution in [0.5, 0.6) is 5.75 Å². The minimum Gasteiger partial charge on any atom is -0.490 e. The number of fused-ring (bicyclic) bond motifs is 4. The third kappa shape index (κ3) is 2.74. The molecular formula is C21H20ClFN2O3. The second-order valence-corrected chi connectivity index (χ2v) is 8.20. The maximum Gasteiger partial charge on any atom is 0.283 e. The van der Waals surface area contributed by atoms with Gasteiger partial charge in [-0.05, 0) is 60.7 Å². The molecule has 3 N–H and O–H groups in total. The van der Waals surface area contributed by atoms with Gasteiger partial charge in [-0.15, -0.1) is 0 Å². The molecule has 5 rings (SSSR count). The number of benzene rings is 2. The van der Waals surface area contributed by atoms with Crippen LogP contribution in [-0.4, -0.2) is 29.9 Å². The van der Waals surface area contributed by atoms with Crippen LogP contribution in [0.2, 0.25) is 5.02 Å². The van der Waals surface area contributed by atoms with E-state index in [2.05, 4.69) is 0 Å². The molecule has 0 saturated heterocycles. The fraction of sp³-hybridized carbons (Fsp3) is 0.381. The first-order valence-corrected chi connectivity index (χ1v) is 9.76. The lowest BCUT2D eigenvalue weighted by Crippen LogP contribution is -2.51. The van der Waals surface area contributed by atoms with E-state index in [1.165, 1.54) is 12.1 Å². The topological polar surface area (TPSA) is 77.1 Å². The standard InChI is InChI=1S/C21H20ClFN2O3/c22-13-5-12(6-14(23)8-13)11-1-3-18-16(7-11)21(10-27-20(24)25-21)17-9-15(26)2-4-19(17)28-18/h1,3,5-8,15,17,19,26H,2,4,9-10H2,(H2,24,25)/t15-,17-,19-,21+/m0/s1. The first-order valence-electron chi connectivity index (χ1n) is 9.38. The first-order chi connectivity index (χ1) is 13.4. The van der Waals surface area contributed by atoms with Gasteiger partial charge in [-0.3, -0.25) is 0 Å². The zero-order valence-corrected chi connectivity index (χ0v) is 15.8. The normalized spacial score (nSPS) is 30.8. The number of aliphatic hydroxyl groups excluding tert-OH is 1. The average molecular weight is 403 g/mol. The van der Waals surface area contributed by atoms with Crippen molar-refractivity contribution >= 4 is 17.6 Å². The van der Waals surface area contributed by atoms with Crippen molar-refractivity contribution in [2.75, 3.05) is 6.61 Å². The van der Waals surface area contributed by atoms with Gasteiger partial charge in [-0.25, -0.2) is 9.38 Å². The quantitative estimate of drug-likeness (QED) is 0.764. The third-order valence-corrected chi connectivity index (χ3v) is 6.26. The number of nitrogens with zero attached hydrogens (tertiary/aromatic N) is 1. The number of ether oxygens (including phenoxy) is 2. The van der Waals surface area contributed by atoms with Gasteiger partial charge in [0, 0.05) is 16.5 Å². The van der Waals surface area contributed by atoms with Crippen molar-refractivity contribution in [2.24, 2.45) is 16.6 Å². The number of hydrogen-bond acceptors (Lipinski definition) is 5. The SMILES string of the molecule is NC1=N[C@]2(CO1)c1cc(-c3cc(F)cc(Cl)c3)ccc1O[C@H]1CC[C@H](O)C[C@@H]12. The maximum absolute atomic E-state index is 13.9. The Morgan fingerprint density at radius 1 is 1.18 bits per heavy atom. The predicted octanol–water partition coefficient (Wildman–Crippen LogP) is 3.61. The number of nitrogens with two attached hydrogens (primary N) is 1. The highest BCUT2D eigenvalue weighted by Gasteiger charge is 2.55. The molecule has 2 aromatic carbocycles. The summed E-state index contributed by atoms with van der Waals surface area (Å²) >= 11 is 6.04. The lowest BCUT2D eigenvalue weighted by molar-refractivity contribution is -0.0359. The van der Waals surface area contributed by atoms with E-state index < -0.39 is 17.5 Å². The van der Waals surface area contributed by atoms with E-state index in [1.807, 2.05) is 18.2 Å². The largest absolute Gasteiger partial charge is 0.490 e. The summed E-state index contributed by atoms with van der Waals surface area (Å²) in [5.74, 6) is 0.287. The average Bonchev–Trinajstić information content (AvgIpc) is 3.04. The van der Waals surface area contributed by atoms with Crippen LogP contribution in [0.4, 0.5) is 4.39 Å². The molecule has 7 heteroatoms. The molecule has 1 aliphatic carbocycles. The molecule has 5 nitrogen and oxygen atoms in total. The molecule has 0 aromatic heterocycles. The summed E-state index contributed by atoms with van der Waals surface area (Å²) in [5, 5.41) is 10.6. The number of rotatable bonds is 1. The molecule has 3 aliphatic rings. The van der Waals surface area contributed by atoms with Crippen LogP contribution >= 0.6 is 11.6 Å². The van der Waals surface area contributed by atoms with Crippen LogP contribution < -0.4 is 10.5 Å². The molecule has 1 fully saturated rings. The minimum absolute atomic E-state index is 0.0452. The minimum atomic E-state index is -0.711. The molecule has 0 bridgehead atoms. The van der Waals surface area contributed by atoms with Crippen molar-refractivity contribution in [1.29, 1.82) is 0 Å². The first kappa shape index (κ1) is 17.8. The second-order valence-electron chi connectivity index (χ2n) is 7.76. The van der Waals surface area contributed by atoms with Gasteiger partial charge in [-0.2, -0.15) is 0 Å². The number of hydrogen-bond donors (Lipinski definition) is 2. The van der Waals surface area contributed by atoms with Crippen molar-refractivity contribution in [2.45, 2.75) is 37.0 Å². The second kappa shape index (κ2) is 6.36. The molecule has 1 spiro atoms. The van der Waals surface area contributed by atoms with Crippen LogP contribution in [-0.2, 0) is 10.3 Å². The number of halogens is 2. The van der Waals surface area contributed by atoms with Gasteiger partial charge in [0.25, 0.3) is 6.02 Å².